The minimum absolute atomic E-state index is 0.0882. The number of amides is 1. The molecule has 5 nitrogen and oxygen atoms in total. The van der Waals surface area contributed by atoms with E-state index in [4.69, 9.17) is 11.6 Å². The number of nitrogens with zero attached hydrogens (tertiary/aromatic N) is 2. The predicted molar refractivity (Wildman–Crippen MR) is 98.5 cm³/mol. The molecule has 0 aliphatic carbocycles. The molecule has 3 rings (SSSR count). The Morgan fingerprint density at radius 2 is 2.00 bits per heavy atom. The van der Waals surface area contributed by atoms with Gasteiger partial charge in [0, 0.05) is 27.9 Å². The van der Waals surface area contributed by atoms with E-state index >= 15 is 0 Å². The molecule has 0 atom stereocenters. The van der Waals surface area contributed by atoms with Crippen molar-refractivity contribution in [3.63, 3.8) is 0 Å². The van der Waals surface area contributed by atoms with Crippen LogP contribution in [0.15, 0.2) is 48.5 Å². The van der Waals surface area contributed by atoms with Crippen molar-refractivity contribution in [1.29, 1.82) is 0 Å². The maximum absolute atomic E-state index is 14.0. The van der Waals surface area contributed by atoms with Gasteiger partial charge in [0.2, 0.25) is 0 Å². The lowest BCUT2D eigenvalue weighted by atomic mass is 10.2. The van der Waals surface area contributed by atoms with Crippen molar-refractivity contribution in [3.05, 3.63) is 76.2 Å². The Hall–Kier alpha value is -3.00. The van der Waals surface area contributed by atoms with E-state index in [2.05, 4.69) is 15.2 Å². The Kier molecular flexibility index (Phi) is 5.89. The molecule has 0 bridgehead atoms. The standard InChI is InChI=1S/C19H15ClF3N3O2/c1-11-8-17(25-26(11)10-14-15(20)6-3-7-16(14)21)24-18(27)12-4-2-5-13(9-12)28-19(22)23/h2-9,19H,10H2,1H3,(H,24,25,27). The fraction of sp³-hybridized carbons (Fsp3) is 0.158. The van der Waals surface area contributed by atoms with Gasteiger partial charge in [-0.25, -0.2) is 4.39 Å². The van der Waals surface area contributed by atoms with Crippen LogP contribution in [0.3, 0.4) is 0 Å². The number of carbonyl (C=O) groups excluding carboxylic acids is 1. The minimum Gasteiger partial charge on any atom is -0.435 e. The minimum atomic E-state index is -2.98. The number of anilines is 1. The zero-order chi connectivity index (χ0) is 20.3. The number of aromatic nitrogens is 2. The number of rotatable bonds is 6. The molecule has 0 saturated heterocycles. The van der Waals surface area contributed by atoms with Crippen molar-refractivity contribution >= 4 is 23.3 Å². The molecule has 0 fully saturated rings. The third-order valence-corrected chi connectivity index (χ3v) is 4.27. The second-order valence-corrected chi connectivity index (χ2v) is 6.30. The average molecular weight is 410 g/mol. The number of hydrogen-bond acceptors (Lipinski definition) is 3. The lowest BCUT2D eigenvalue weighted by Gasteiger charge is -2.08. The smallest absolute Gasteiger partial charge is 0.387 e. The molecule has 0 saturated carbocycles. The molecule has 2 aromatic carbocycles. The molecule has 1 heterocycles. The number of hydrogen-bond donors (Lipinski definition) is 1. The Morgan fingerprint density at radius 1 is 1.25 bits per heavy atom. The summed E-state index contributed by atoms with van der Waals surface area (Å²) in [7, 11) is 0. The quantitative estimate of drug-likeness (QED) is 0.631. The summed E-state index contributed by atoms with van der Waals surface area (Å²) in [5.74, 6) is -0.897. The topological polar surface area (TPSA) is 56.1 Å². The lowest BCUT2D eigenvalue weighted by Crippen LogP contribution is -2.13. The largest absolute Gasteiger partial charge is 0.435 e. The van der Waals surface area contributed by atoms with Gasteiger partial charge in [-0.2, -0.15) is 13.9 Å². The van der Waals surface area contributed by atoms with E-state index in [-0.39, 0.29) is 34.3 Å². The zero-order valence-electron chi connectivity index (χ0n) is 14.6. The van der Waals surface area contributed by atoms with E-state index in [1.807, 2.05) is 0 Å². The van der Waals surface area contributed by atoms with Gasteiger partial charge < -0.3 is 10.1 Å². The van der Waals surface area contributed by atoms with Crippen LogP contribution < -0.4 is 10.1 Å². The fourth-order valence-corrected chi connectivity index (χ4v) is 2.79. The van der Waals surface area contributed by atoms with Gasteiger partial charge in [0.25, 0.3) is 5.91 Å². The molecular formula is C19H15ClF3N3O2. The summed E-state index contributed by atoms with van der Waals surface area (Å²) < 4.78 is 44.4. The van der Waals surface area contributed by atoms with Crippen molar-refractivity contribution in [1.82, 2.24) is 9.78 Å². The molecule has 1 amide bonds. The average Bonchev–Trinajstić information content (AvgIpc) is 2.97. The lowest BCUT2D eigenvalue weighted by molar-refractivity contribution is -0.0498. The van der Waals surface area contributed by atoms with Gasteiger partial charge in [0.15, 0.2) is 5.82 Å². The van der Waals surface area contributed by atoms with Gasteiger partial charge in [-0.1, -0.05) is 23.7 Å². The Morgan fingerprint density at radius 3 is 2.71 bits per heavy atom. The van der Waals surface area contributed by atoms with Gasteiger partial charge in [-0.05, 0) is 37.3 Å². The molecule has 0 spiro atoms. The SMILES string of the molecule is Cc1cc(NC(=O)c2cccc(OC(F)F)c2)nn1Cc1c(F)cccc1Cl. The number of aryl methyl sites for hydroxylation is 1. The van der Waals surface area contributed by atoms with Gasteiger partial charge in [0.1, 0.15) is 11.6 Å². The maximum Gasteiger partial charge on any atom is 0.387 e. The normalized spacial score (nSPS) is 10.9. The van der Waals surface area contributed by atoms with E-state index in [1.165, 1.54) is 41.1 Å². The van der Waals surface area contributed by atoms with Crippen molar-refractivity contribution in [3.8, 4) is 5.75 Å². The van der Waals surface area contributed by atoms with Gasteiger partial charge in [-0.15, -0.1) is 0 Å². The number of benzene rings is 2. The summed E-state index contributed by atoms with van der Waals surface area (Å²) in [6.07, 6.45) is 0. The number of ether oxygens (including phenoxy) is 1. The number of carbonyl (C=O) groups is 1. The monoisotopic (exact) mass is 409 g/mol. The summed E-state index contributed by atoms with van der Waals surface area (Å²) in [5, 5.41) is 7.08. The first kappa shape index (κ1) is 19.8. The van der Waals surface area contributed by atoms with Crippen LogP contribution in [0.5, 0.6) is 5.75 Å². The Labute approximate surface area is 163 Å². The fourth-order valence-electron chi connectivity index (χ4n) is 2.57. The van der Waals surface area contributed by atoms with Gasteiger partial charge in [0.05, 0.1) is 6.54 Å². The van der Waals surface area contributed by atoms with Crippen LogP contribution >= 0.6 is 11.6 Å². The second-order valence-electron chi connectivity index (χ2n) is 5.89. The van der Waals surface area contributed by atoms with E-state index in [0.29, 0.717) is 5.69 Å². The molecule has 0 radical (unpaired) electrons. The third kappa shape index (κ3) is 4.64. The van der Waals surface area contributed by atoms with Crippen molar-refractivity contribution in [2.24, 2.45) is 0 Å². The highest BCUT2D eigenvalue weighted by atomic mass is 35.5. The molecule has 3 aromatic rings. The summed E-state index contributed by atoms with van der Waals surface area (Å²) in [5.41, 5.74) is 1.08. The van der Waals surface area contributed by atoms with Gasteiger partial charge >= 0.3 is 6.61 Å². The molecule has 28 heavy (non-hydrogen) atoms. The van der Waals surface area contributed by atoms with E-state index in [1.54, 1.807) is 19.1 Å². The van der Waals surface area contributed by atoms with Crippen LogP contribution in [0.4, 0.5) is 19.0 Å². The van der Waals surface area contributed by atoms with Crippen LogP contribution in [-0.4, -0.2) is 22.3 Å². The second kappa shape index (κ2) is 8.35. The van der Waals surface area contributed by atoms with E-state index < -0.39 is 18.3 Å². The number of halogens is 4. The highest BCUT2D eigenvalue weighted by Gasteiger charge is 2.14. The summed E-state index contributed by atoms with van der Waals surface area (Å²) in [6, 6.07) is 11.4. The summed E-state index contributed by atoms with van der Waals surface area (Å²) in [4.78, 5) is 12.4. The molecule has 0 aliphatic rings. The first-order chi connectivity index (χ1) is 13.3. The maximum atomic E-state index is 14.0. The summed E-state index contributed by atoms with van der Waals surface area (Å²) in [6.45, 7) is -1.15. The number of nitrogens with one attached hydrogen (secondary N) is 1. The number of alkyl halides is 2. The van der Waals surface area contributed by atoms with Crippen molar-refractivity contribution in [2.75, 3.05) is 5.32 Å². The van der Waals surface area contributed by atoms with Crippen LogP contribution in [0.1, 0.15) is 21.6 Å². The zero-order valence-corrected chi connectivity index (χ0v) is 15.4. The van der Waals surface area contributed by atoms with Crippen molar-refractivity contribution in [2.45, 2.75) is 20.1 Å². The third-order valence-electron chi connectivity index (χ3n) is 3.91. The first-order valence-electron chi connectivity index (χ1n) is 8.17. The molecular weight excluding hydrogens is 395 g/mol. The van der Waals surface area contributed by atoms with Crippen LogP contribution in [0.2, 0.25) is 5.02 Å². The first-order valence-corrected chi connectivity index (χ1v) is 8.55. The Bertz CT molecular complexity index is 988. The summed E-state index contributed by atoms with van der Waals surface area (Å²) >= 11 is 6.04. The van der Waals surface area contributed by atoms with Crippen LogP contribution in [0.25, 0.3) is 0 Å². The predicted octanol–water partition coefficient (Wildman–Crippen LogP) is 4.89. The molecule has 146 valence electrons. The highest BCUT2D eigenvalue weighted by Crippen LogP contribution is 2.22. The molecule has 9 heteroatoms. The van der Waals surface area contributed by atoms with Crippen LogP contribution in [-0.2, 0) is 6.54 Å². The molecule has 1 aromatic heterocycles. The molecule has 1 N–H and O–H groups in total. The molecule has 0 aliphatic heterocycles. The van der Waals surface area contributed by atoms with Crippen LogP contribution in [0, 0.1) is 12.7 Å². The molecule has 0 unspecified atom stereocenters. The highest BCUT2D eigenvalue weighted by molar-refractivity contribution is 6.31. The van der Waals surface area contributed by atoms with Crippen molar-refractivity contribution < 1.29 is 22.7 Å². The van der Waals surface area contributed by atoms with Gasteiger partial charge in [-0.3, -0.25) is 9.48 Å². The van der Waals surface area contributed by atoms with E-state index in [9.17, 15) is 18.0 Å². The van der Waals surface area contributed by atoms with E-state index in [0.717, 1.165) is 0 Å². The Balaban J connectivity index is 1.75.